The van der Waals surface area contributed by atoms with Crippen LogP contribution in [-0.2, 0) is 19.3 Å². The number of hydrogen-bond acceptors (Lipinski definition) is 3. The third-order valence-corrected chi connectivity index (χ3v) is 6.70. The van der Waals surface area contributed by atoms with E-state index in [0.29, 0.717) is 18.3 Å². The number of amides is 1. The summed E-state index contributed by atoms with van der Waals surface area (Å²) in [7, 11) is 0. The van der Waals surface area contributed by atoms with E-state index in [0.717, 1.165) is 33.7 Å². The van der Waals surface area contributed by atoms with Gasteiger partial charge in [-0.05, 0) is 60.5 Å². The summed E-state index contributed by atoms with van der Waals surface area (Å²) in [6.07, 6.45) is -4.57. The first kappa shape index (κ1) is 27.0. The minimum absolute atomic E-state index is 0.131. The number of halogens is 3. The number of thioether (sulfide) groups is 1. The molecule has 8 heteroatoms. The molecule has 0 aliphatic rings. The first-order chi connectivity index (χ1) is 18.2. The van der Waals surface area contributed by atoms with Gasteiger partial charge in [-0.2, -0.15) is 18.2 Å². The van der Waals surface area contributed by atoms with Crippen molar-refractivity contribution in [2.45, 2.75) is 31.1 Å². The molecule has 4 rings (SSSR count). The maximum atomic E-state index is 13.3. The molecule has 0 radical (unpaired) electrons. The number of nitrogens with zero attached hydrogens (tertiary/aromatic N) is 2. The van der Waals surface area contributed by atoms with Gasteiger partial charge in [0.05, 0.1) is 5.56 Å². The Hall–Kier alpha value is -4.04. The summed E-state index contributed by atoms with van der Waals surface area (Å²) in [5, 5.41) is 10.1. The summed E-state index contributed by atoms with van der Waals surface area (Å²) < 4.78 is 39.8. The summed E-state index contributed by atoms with van der Waals surface area (Å²) in [5.74, 6) is -0.638. The van der Waals surface area contributed by atoms with Gasteiger partial charge >= 0.3 is 6.18 Å². The molecule has 4 nitrogen and oxygen atoms in total. The Labute approximate surface area is 223 Å². The maximum absolute atomic E-state index is 13.3. The van der Waals surface area contributed by atoms with Crippen LogP contribution in [0.1, 0.15) is 32.6 Å². The Kier molecular flexibility index (Phi) is 8.53. The zero-order valence-corrected chi connectivity index (χ0v) is 21.3. The molecule has 0 aliphatic heterocycles. The van der Waals surface area contributed by atoms with E-state index < -0.39 is 17.6 Å². The number of aromatic hydroxyl groups is 1. The van der Waals surface area contributed by atoms with Crippen LogP contribution in [0.25, 0.3) is 0 Å². The molecule has 0 heterocycles. The number of hydrogen-bond donors (Lipinski definition) is 1. The molecule has 4 aromatic rings. The highest BCUT2D eigenvalue weighted by Crippen LogP contribution is 2.30. The highest BCUT2D eigenvalue weighted by molar-refractivity contribution is 8.13. The number of benzene rings is 4. The predicted molar refractivity (Wildman–Crippen MR) is 144 cm³/mol. The fourth-order valence-electron chi connectivity index (χ4n) is 3.67. The topological polar surface area (TPSA) is 52.9 Å². The summed E-state index contributed by atoms with van der Waals surface area (Å²) in [4.78, 5) is 20.3. The van der Waals surface area contributed by atoms with Crippen molar-refractivity contribution in [2.24, 2.45) is 4.99 Å². The number of rotatable bonds is 6. The van der Waals surface area contributed by atoms with Crippen molar-refractivity contribution in [2.75, 3.05) is 0 Å². The smallest absolute Gasteiger partial charge is 0.416 e. The lowest BCUT2D eigenvalue weighted by molar-refractivity contribution is -0.137. The third-order valence-electron chi connectivity index (χ3n) is 5.66. The van der Waals surface area contributed by atoms with Crippen LogP contribution in [0.4, 0.5) is 13.2 Å². The molecule has 0 atom stereocenters. The minimum Gasteiger partial charge on any atom is -0.508 e. The molecule has 0 saturated heterocycles. The van der Waals surface area contributed by atoms with Crippen molar-refractivity contribution in [3.63, 3.8) is 0 Å². The number of phenols is 1. The highest BCUT2D eigenvalue weighted by Gasteiger charge is 2.31. The summed E-state index contributed by atoms with van der Waals surface area (Å²) in [6.45, 7) is 2.71. The lowest BCUT2D eigenvalue weighted by atomic mass is 10.1. The van der Waals surface area contributed by atoms with Crippen LogP contribution in [0.2, 0.25) is 0 Å². The molecule has 0 unspecified atom stereocenters. The SMILES string of the molecule is Cc1ccc(SC(=NC(=O)c2cccc(C(F)(F)F)c2)N(Cc2ccccc2)Cc2ccc(O)cc2)cc1. The number of aryl methyl sites for hydroxylation is 1. The molecular weight excluding hydrogens is 509 g/mol. The van der Waals surface area contributed by atoms with E-state index in [1.54, 1.807) is 24.3 Å². The third kappa shape index (κ3) is 7.49. The van der Waals surface area contributed by atoms with Crippen molar-refractivity contribution in [3.05, 3.63) is 131 Å². The zero-order chi connectivity index (χ0) is 27.1. The van der Waals surface area contributed by atoms with Crippen molar-refractivity contribution >= 4 is 22.8 Å². The van der Waals surface area contributed by atoms with Gasteiger partial charge in [0, 0.05) is 23.5 Å². The summed E-state index contributed by atoms with van der Waals surface area (Å²) in [6, 6.07) is 28.3. The zero-order valence-electron chi connectivity index (χ0n) is 20.5. The number of carbonyl (C=O) groups excluding carboxylic acids is 1. The standard InChI is InChI=1S/C30H25F3N2O2S/c1-21-10-16-27(17-11-21)38-29(34-28(37)24-8-5-9-25(18-24)30(31,32)33)35(19-22-6-3-2-4-7-22)20-23-12-14-26(36)15-13-23/h2-18,36H,19-20H2,1H3. The molecule has 38 heavy (non-hydrogen) atoms. The van der Waals surface area contributed by atoms with E-state index in [9.17, 15) is 23.1 Å². The quantitative estimate of drug-likeness (QED) is 0.156. The van der Waals surface area contributed by atoms with Crippen LogP contribution < -0.4 is 0 Å². The van der Waals surface area contributed by atoms with E-state index >= 15 is 0 Å². The molecule has 0 fully saturated rings. The van der Waals surface area contributed by atoms with Crippen molar-refractivity contribution in [1.29, 1.82) is 0 Å². The van der Waals surface area contributed by atoms with Gasteiger partial charge in [0.1, 0.15) is 5.75 Å². The number of aliphatic imine (C=N–C) groups is 1. The molecule has 0 bridgehead atoms. The van der Waals surface area contributed by atoms with Gasteiger partial charge in [-0.15, -0.1) is 0 Å². The summed E-state index contributed by atoms with van der Waals surface area (Å²) in [5.41, 5.74) is 1.85. The highest BCUT2D eigenvalue weighted by atomic mass is 32.2. The molecule has 1 amide bonds. The number of phenolic OH excluding ortho intramolecular Hbond substituents is 1. The summed E-state index contributed by atoms with van der Waals surface area (Å²) >= 11 is 1.26. The van der Waals surface area contributed by atoms with Crippen LogP contribution in [0.15, 0.2) is 113 Å². The van der Waals surface area contributed by atoms with E-state index in [2.05, 4.69) is 4.99 Å². The molecule has 0 aliphatic carbocycles. The second-order valence-electron chi connectivity index (χ2n) is 8.70. The van der Waals surface area contributed by atoms with E-state index in [-0.39, 0.29) is 11.3 Å². The molecule has 1 N–H and O–H groups in total. The molecular formula is C30H25F3N2O2S. The number of carbonyl (C=O) groups is 1. The van der Waals surface area contributed by atoms with Gasteiger partial charge in [0.2, 0.25) is 0 Å². The lowest BCUT2D eigenvalue weighted by Crippen LogP contribution is -2.29. The molecule has 194 valence electrons. The predicted octanol–water partition coefficient (Wildman–Crippen LogP) is 7.71. The minimum atomic E-state index is -4.57. The Balaban J connectivity index is 1.75. The number of amidine groups is 1. The van der Waals surface area contributed by atoms with Crippen LogP contribution in [-0.4, -0.2) is 21.1 Å². The molecule has 4 aromatic carbocycles. The maximum Gasteiger partial charge on any atom is 0.416 e. The van der Waals surface area contributed by atoms with Crippen LogP contribution in [0.5, 0.6) is 5.75 Å². The Morgan fingerprint density at radius 2 is 1.47 bits per heavy atom. The normalized spacial score (nSPS) is 11.8. The number of alkyl halides is 3. The molecule has 0 aromatic heterocycles. The van der Waals surface area contributed by atoms with Crippen LogP contribution in [0, 0.1) is 6.92 Å². The Morgan fingerprint density at radius 1 is 0.842 bits per heavy atom. The van der Waals surface area contributed by atoms with E-state index in [4.69, 9.17) is 0 Å². The van der Waals surface area contributed by atoms with Crippen molar-refractivity contribution < 1.29 is 23.1 Å². The van der Waals surface area contributed by atoms with Gasteiger partial charge in [0.25, 0.3) is 5.91 Å². The largest absolute Gasteiger partial charge is 0.508 e. The second kappa shape index (κ2) is 12.0. The van der Waals surface area contributed by atoms with Crippen molar-refractivity contribution in [1.82, 2.24) is 4.90 Å². The average molecular weight is 535 g/mol. The average Bonchev–Trinajstić information content (AvgIpc) is 2.90. The fourth-order valence-corrected chi connectivity index (χ4v) is 4.54. The molecule has 0 spiro atoms. The fraction of sp³-hybridized carbons (Fsp3) is 0.133. The van der Waals surface area contributed by atoms with Crippen LogP contribution in [0.3, 0.4) is 0 Å². The molecule has 0 saturated carbocycles. The van der Waals surface area contributed by atoms with Gasteiger partial charge in [0.15, 0.2) is 5.17 Å². The first-order valence-corrected chi connectivity index (χ1v) is 12.6. The van der Waals surface area contributed by atoms with E-state index in [1.807, 2.05) is 66.4 Å². The second-order valence-corrected chi connectivity index (χ2v) is 9.74. The van der Waals surface area contributed by atoms with Crippen LogP contribution >= 0.6 is 11.8 Å². The van der Waals surface area contributed by atoms with Gasteiger partial charge < -0.3 is 10.0 Å². The van der Waals surface area contributed by atoms with Gasteiger partial charge in [-0.1, -0.05) is 78.0 Å². The Morgan fingerprint density at radius 3 is 2.11 bits per heavy atom. The first-order valence-electron chi connectivity index (χ1n) is 11.8. The van der Waals surface area contributed by atoms with Gasteiger partial charge in [-0.3, -0.25) is 4.79 Å². The monoisotopic (exact) mass is 534 g/mol. The lowest BCUT2D eigenvalue weighted by Gasteiger charge is -2.26. The Bertz CT molecular complexity index is 1400. The van der Waals surface area contributed by atoms with E-state index in [1.165, 1.54) is 23.9 Å². The van der Waals surface area contributed by atoms with Crippen molar-refractivity contribution in [3.8, 4) is 5.75 Å². The van der Waals surface area contributed by atoms with Gasteiger partial charge in [-0.25, -0.2) is 0 Å².